The Morgan fingerprint density at radius 2 is 1.74 bits per heavy atom. The van der Waals surface area contributed by atoms with E-state index in [1.165, 1.54) is 6.92 Å². The first-order valence-electron chi connectivity index (χ1n) is 8.35. The average molecular weight is 378 g/mol. The van der Waals surface area contributed by atoms with E-state index in [1.807, 2.05) is 42.5 Å². The minimum atomic E-state index is -0.372. The van der Waals surface area contributed by atoms with Crippen molar-refractivity contribution >= 4 is 45.5 Å². The summed E-state index contributed by atoms with van der Waals surface area (Å²) < 4.78 is 5.53. The predicted octanol–water partition coefficient (Wildman–Crippen LogP) is 3.93. The lowest BCUT2D eigenvalue weighted by atomic mass is 10.1. The zero-order chi connectivity index (χ0) is 19.2. The van der Waals surface area contributed by atoms with Crippen LogP contribution in [0.25, 0.3) is 10.8 Å². The van der Waals surface area contributed by atoms with Gasteiger partial charge in [0.05, 0.1) is 0 Å². The molecule has 3 aromatic rings. The maximum Gasteiger partial charge on any atom is 0.264 e. The molecule has 0 aliphatic heterocycles. The molecule has 0 saturated carbocycles. The molecule has 0 fully saturated rings. The van der Waals surface area contributed by atoms with Crippen LogP contribution >= 0.6 is 12.2 Å². The monoisotopic (exact) mass is 378 g/mol. The van der Waals surface area contributed by atoms with Crippen molar-refractivity contribution in [2.24, 2.45) is 0 Å². The molecule has 1 amide bonds. The molecular weight excluding hydrogens is 360 g/mol. The van der Waals surface area contributed by atoms with E-state index in [2.05, 4.69) is 10.6 Å². The Bertz CT molecular complexity index is 1020. The minimum Gasteiger partial charge on any atom is -0.484 e. The number of ketones is 1. The van der Waals surface area contributed by atoms with E-state index < -0.39 is 0 Å². The molecule has 3 rings (SSSR count). The molecule has 0 unspecified atom stereocenters. The van der Waals surface area contributed by atoms with Gasteiger partial charge in [0.15, 0.2) is 17.5 Å². The number of nitrogens with one attached hydrogen (secondary N) is 2. The Kier molecular flexibility index (Phi) is 5.78. The number of benzene rings is 3. The fourth-order valence-corrected chi connectivity index (χ4v) is 2.78. The van der Waals surface area contributed by atoms with Crippen molar-refractivity contribution in [2.75, 3.05) is 11.9 Å². The SMILES string of the molecule is CC(=O)c1cccc(NC(=S)NC(=O)COc2ccc3ccccc3c2)c1. The fourth-order valence-electron chi connectivity index (χ4n) is 2.55. The zero-order valence-electron chi connectivity index (χ0n) is 14.7. The van der Waals surface area contributed by atoms with Gasteiger partial charge >= 0.3 is 0 Å². The number of Topliss-reactive ketones (excluding diaryl/α,β-unsaturated/α-hetero) is 1. The Balaban J connectivity index is 1.53. The number of carbonyl (C=O) groups is 2. The van der Waals surface area contributed by atoms with Crippen LogP contribution in [-0.2, 0) is 4.79 Å². The second-order valence-electron chi connectivity index (χ2n) is 5.94. The van der Waals surface area contributed by atoms with Gasteiger partial charge in [0, 0.05) is 11.3 Å². The van der Waals surface area contributed by atoms with Crippen molar-refractivity contribution < 1.29 is 14.3 Å². The standard InChI is InChI=1S/C21H18N2O3S/c1-14(24)16-7-4-8-18(11-16)22-21(27)23-20(25)13-26-19-10-9-15-5-2-3-6-17(15)12-19/h2-12H,13H2,1H3,(H2,22,23,25,27). The quantitative estimate of drug-likeness (QED) is 0.520. The third kappa shape index (κ3) is 5.12. The van der Waals surface area contributed by atoms with Crippen LogP contribution in [0.1, 0.15) is 17.3 Å². The first-order chi connectivity index (χ1) is 13.0. The molecule has 5 nitrogen and oxygen atoms in total. The van der Waals surface area contributed by atoms with E-state index in [1.54, 1.807) is 24.3 Å². The molecule has 27 heavy (non-hydrogen) atoms. The second kappa shape index (κ2) is 8.42. The molecule has 0 aliphatic carbocycles. The van der Waals surface area contributed by atoms with Crippen molar-refractivity contribution in [3.8, 4) is 5.75 Å². The highest BCUT2D eigenvalue weighted by Gasteiger charge is 2.07. The Morgan fingerprint density at radius 1 is 0.963 bits per heavy atom. The highest BCUT2D eigenvalue weighted by atomic mass is 32.1. The molecule has 6 heteroatoms. The van der Waals surface area contributed by atoms with Crippen molar-refractivity contribution in [1.82, 2.24) is 5.32 Å². The van der Waals surface area contributed by atoms with Gasteiger partial charge < -0.3 is 10.1 Å². The maximum absolute atomic E-state index is 12.0. The highest BCUT2D eigenvalue weighted by molar-refractivity contribution is 7.80. The molecule has 0 saturated heterocycles. The number of amides is 1. The van der Waals surface area contributed by atoms with Gasteiger partial charge in [-0.15, -0.1) is 0 Å². The van der Waals surface area contributed by atoms with Crippen LogP contribution in [0, 0.1) is 0 Å². The highest BCUT2D eigenvalue weighted by Crippen LogP contribution is 2.20. The first-order valence-corrected chi connectivity index (χ1v) is 8.75. The van der Waals surface area contributed by atoms with Crippen LogP contribution in [0.15, 0.2) is 66.7 Å². The third-order valence-corrected chi connectivity index (χ3v) is 4.07. The van der Waals surface area contributed by atoms with Crippen LogP contribution in [-0.4, -0.2) is 23.4 Å². The number of anilines is 1. The summed E-state index contributed by atoms with van der Waals surface area (Å²) in [6.07, 6.45) is 0. The molecule has 0 spiro atoms. The molecule has 0 heterocycles. The average Bonchev–Trinajstić information content (AvgIpc) is 2.66. The third-order valence-electron chi connectivity index (χ3n) is 3.87. The van der Waals surface area contributed by atoms with Gasteiger partial charge in [0.2, 0.25) is 0 Å². The van der Waals surface area contributed by atoms with E-state index in [0.717, 1.165) is 10.8 Å². The fraction of sp³-hybridized carbons (Fsp3) is 0.0952. The summed E-state index contributed by atoms with van der Waals surface area (Å²) in [4.78, 5) is 23.5. The molecule has 0 aliphatic rings. The van der Waals surface area contributed by atoms with Gasteiger partial charge in [-0.3, -0.25) is 14.9 Å². The number of hydrogen-bond donors (Lipinski definition) is 2. The van der Waals surface area contributed by atoms with E-state index in [-0.39, 0.29) is 23.4 Å². The van der Waals surface area contributed by atoms with Gasteiger partial charge in [-0.1, -0.05) is 42.5 Å². The predicted molar refractivity (Wildman–Crippen MR) is 110 cm³/mol. The van der Waals surface area contributed by atoms with Crippen LogP contribution < -0.4 is 15.4 Å². The lowest BCUT2D eigenvalue weighted by Gasteiger charge is -2.11. The smallest absolute Gasteiger partial charge is 0.264 e. The lowest BCUT2D eigenvalue weighted by Crippen LogP contribution is -2.37. The van der Waals surface area contributed by atoms with Gasteiger partial charge in [-0.05, 0) is 54.2 Å². The van der Waals surface area contributed by atoms with Crippen LogP contribution in [0.3, 0.4) is 0 Å². The van der Waals surface area contributed by atoms with E-state index in [9.17, 15) is 9.59 Å². The Hall–Kier alpha value is -3.25. The van der Waals surface area contributed by atoms with Gasteiger partial charge in [-0.25, -0.2) is 0 Å². The summed E-state index contributed by atoms with van der Waals surface area (Å²) in [5.41, 5.74) is 1.19. The maximum atomic E-state index is 12.0. The largest absolute Gasteiger partial charge is 0.484 e. The molecule has 136 valence electrons. The molecule has 2 N–H and O–H groups in total. The lowest BCUT2D eigenvalue weighted by molar-refractivity contribution is -0.121. The molecule has 0 bridgehead atoms. The zero-order valence-corrected chi connectivity index (χ0v) is 15.5. The van der Waals surface area contributed by atoms with Crippen molar-refractivity contribution in [1.29, 1.82) is 0 Å². The van der Waals surface area contributed by atoms with Gasteiger partial charge in [-0.2, -0.15) is 0 Å². The topological polar surface area (TPSA) is 67.4 Å². The summed E-state index contributed by atoms with van der Waals surface area (Å²) >= 11 is 5.13. The summed E-state index contributed by atoms with van der Waals surface area (Å²) in [6.45, 7) is 1.33. The van der Waals surface area contributed by atoms with Crippen LogP contribution in [0.2, 0.25) is 0 Å². The van der Waals surface area contributed by atoms with Crippen LogP contribution in [0.4, 0.5) is 5.69 Å². The molecule has 3 aromatic carbocycles. The van der Waals surface area contributed by atoms with Gasteiger partial charge in [0.25, 0.3) is 5.91 Å². The van der Waals surface area contributed by atoms with Gasteiger partial charge in [0.1, 0.15) is 5.75 Å². The number of fused-ring (bicyclic) bond motifs is 1. The van der Waals surface area contributed by atoms with E-state index in [0.29, 0.717) is 17.0 Å². The number of rotatable bonds is 5. The summed E-state index contributed by atoms with van der Waals surface area (Å²) in [5.74, 6) is 0.192. The summed E-state index contributed by atoms with van der Waals surface area (Å²) in [6, 6.07) is 20.4. The Labute approximate surface area is 162 Å². The number of carbonyl (C=O) groups excluding carboxylic acids is 2. The second-order valence-corrected chi connectivity index (χ2v) is 6.35. The van der Waals surface area contributed by atoms with E-state index >= 15 is 0 Å². The van der Waals surface area contributed by atoms with Crippen molar-refractivity contribution in [3.05, 3.63) is 72.3 Å². The summed E-state index contributed by atoms with van der Waals surface area (Å²) in [5, 5.41) is 7.72. The Morgan fingerprint density at radius 3 is 2.52 bits per heavy atom. The summed E-state index contributed by atoms with van der Waals surface area (Å²) in [7, 11) is 0. The molecule has 0 radical (unpaired) electrons. The minimum absolute atomic E-state index is 0.0441. The number of thiocarbonyl (C=S) groups is 1. The van der Waals surface area contributed by atoms with Crippen molar-refractivity contribution in [2.45, 2.75) is 6.92 Å². The number of hydrogen-bond acceptors (Lipinski definition) is 4. The first kappa shape index (κ1) is 18.5. The van der Waals surface area contributed by atoms with Crippen molar-refractivity contribution in [3.63, 3.8) is 0 Å². The van der Waals surface area contributed by atoms with Crippen LogP contribution in [0.5, 0.6) is 5.75 Å². The molecular formula is C21H18N2O3S. The molecule has 0 atom stereocenters. The molecule has 0 aromatic heterocycles. The normalized spacial score (nSPS) is 10.3. The van der Waals surface area contributed by atoms with E-state index in [4.69, 9.17) is 17.0 Å². The number of ether oxygens (including phenoxy) is 1.